The number of nitrogens with one attached hydrogen (secondary N) is 3. The molecule has 9 heteroatoms. The summed E-state index contributed by atoms with van der Waals surface area (Å²) in [4.78, 5) is 44.3. The maximum atomic E-state index is 12.8. The van der Waals surface area contributed by atoms with E-state index in [0.717, 1.165) is 0 Å². The van der Waals surface area contributed by atoms with Crippen molar-refractivity contribution in [1.82, 2.24) is 9.97 Å². The third-order valence-corrected chi connectivity index (χ3v) is 5.39. The Morgan fingerprint density at radius 3 is 3.00 bits per heavy atom. The highest BCUT2D eigenvalue weighted by atomic mass is 35.5. The van der Waals surface area contributed by atoms with Crippen LogP contribution in [0.4, 0.5) is 11.5 Å². The van der Waals surface area contributed by atoms with Gasteiger partial charge < -0.3 is 15.6 Å². The molecule has 2 heterocycles. The van der Waals surface area contributed by atoms with Crippen LogP contribution in [0.25, 0.3) is 0 Å². The molecule has 7 nitrogen and oxygen atoms in total. The second-order valence-electron chi connectivity index (χ2n) is 5.94. The van der Waals surface area contributed by atoms with Gasteiger partial charge in [0.25, 0.3) is 5.56 Å². The molecular weight excluding hydrogens is 388 g/mol. The van der Waals surface area contributed by atoms with Gasteiger partial charge >= 0.3 is 0 Å². The third-order valence-electron chi connectivity index (χ3n) is 4.11. The molecule has 1 aliphatic rings. The molecule has 2 amide bonds. The number of nitrogens with zero attached hydrogens (tertiary/aromatic N) is 1. The lowest BCUT2D eigenvalue weighted by Crippen LogP contribution is -2.36. The van der Waals surface area contributed by atoms with Crippen LogP contribution in [0.15, 0.2) is 40.8 Å². The van der Waals surface area contributed by atoms with Gasteiger partial charge in [-0.05, 0) is 24.6 Å². The smallest absolute Gasteiger partial charge is 0.257 e. The van der Waals surface area contributed by atoms with E-state index in [0.29, 0.717) is 27.2 Å². The maximum absolute atomic E-state index is 12.8. The monoisotopic (exact) mass is 404 g/mol. The highest BCUT2D eigenvalue weighted by Crippen LogP contribution is 2.31. The number of anilines is 2. The minimum absolute atomic E-state index is 0.115. The maximum Gasteiger partial charge on any atom is 0.257 e. The summed E-state index contributed by atoms with van der Waals surface area (Å²) in [6.45, 7) is 5.39. The Morgan fingerprint density at radius 1 is 1.48 bits per heavy atom. The first-order valence-corrected chi connectivity index (χ1v) is 9.50. The summed E-state index contributed by atoms with van der Waals surface area (Å²) in [5, 5.41) is 6.20. The molecule has 0 bridgehead atoms. The van der Waals surface area contributed by atoms with Crippen LogP contribution in [0, 0.1) is 6.92 Å². The van der Waals surface area contributed by atoms with Gasteiger partial charge in [0, 0.05) is 22.9 Å². The second kappa shape index (κ2) is 7.98. The SMILES string of the molecule is C=CCSc1nc2c(c(=O)[nH]1)[C@H](C(=O)Nc1cccc(Cl)c1C)CC(=O)N2. The molecule has 3 rings (SSSR count). The van der Waals surface area contributed by atoms with Gasteiger partial charge in [-0.1, -0.05) is 35.5 Å². The average Bonchev–Trinajstić information content (AvgIpc) is 2.62. The van der Waals surface area contributed by atoms with E-state index in [4.69, 9.17) is 11.6 Å². The molecule has 0 fully saturated rings. The van der Waals surface area contributed by atoms with Crippen LogP contribution in [-0.4, -0.2) is 27.5 Å². The van der Waals surface area contributed by atoms with Crippen molar-refractivity contribution < 1.29 is 9.59 Å². The van der Waals surface area contributed by atoms with Crippen molar-refractivity contribution >= 4 is 46.7 Å². The fraction of sp³-hybridized carbons (Fsp3) is 0.222. The van der Waals surface area contributed by atoms with Gasteiger partial charge in [-0.25, -0.2) is 4.98 Å². The number of H-pyrrole nitrogens is 1. The van der Waals surface area contributed by atoms with Gasteiger partial charge in [-0.3, -0.25) is 14.4 Å². The highest BCUT2D eigenvalue weighted by molar-refractivity contribution is 7.99. The van der Waals surface area contributed by atoms with Crippen LogP contribution < -0.4 is 16.2 Å². The van der Waals surface area contributed by atoms with Crippen molar-refractivity contribution in [3.05, 3.63) is 57.4 Å². The summed E-state index contributed by atoms with van der Waals surface area (Å²) in [5.41, 5.74) is 0.933. The Kier molecular flexibility index (Phi) is 5.67. The number of hydrogen-bond acceptors (Lipinski definition) is 5. The van der Waals surface area contributed by atoms with E-state index < -0.39 is 17.4 Å². The number of thioether (sulfide) groups is 1. The molecule has 27 heavy (non-hydrogen) atoms. The van der Waals surface area contributed by atoms with E-state index in [1.165, 1.54) is 11.8 Å². The van der Waals surface area contributed by atoms with Gasteiger partial charge in [-0.2, -0.15) is 0 Å². The quantitative estimate of drug-likeness (QED) is 0.403. The molecular formula is C18H17ClN4O3S. The van der Waals surface area contributed by atoms with Crippen LogP contribution >= 0.6 is 23.4 Å². The van der Waals surface area contributed by atoms with Crippen LogP contribution in [0.3, 0.4) is 0 Å². The molecule has 0 saturated carbocycles. The number of halogens is 1. The molecule has 0 unspecified atom stereocenters. The number of fused-ring (bicyclic) bond motifs is 1. The van der Waals surface area contributed by atoms with E-state index in [1.54, 1.807) is 31.2 Å². The summed E-state index contributed by atoms with van der Waals surface area (Å²) in [7, 11) is 0. The molecule has 1 aromatic heterocycles. The predicted octanol–water partition coefficient (Wildman–Crippen LogP) is 3.07. The first-order chi connectivity index (χ1) is 12.9. The number of amides is 2. The standard InChI is InChI=1S/C18H17ClN4O3S/c1-3-7-27-18-22-15-14(17(26)23-18)10(8-13(24)21-15)16(25)20-12-6-4-5-11(19)9(12)2/h3-6,10H,1,7-8H2,2H3,(H,20,25)(H2,21,22,23,24,26)/t10-/m1/s1. The Hall–Kier alpha value is -2.58. The van der Waals surface area contributed by atoms with Crippen molar-refractivity contribution in [1.29, 1.82) is 0 Å². The lowest BCUT2D eigenvalue weighted by molar-refractivity contribution is -0.123. The molecule has 1 aliphatic heterocycles. The second-order valence-corrected chi connectivity index (χ2v) is 7.36. The van der Waals surface area contributed by atoms with Crippen molar-refractivity contribution in [3.8, 4) is 0 Å². The molecule has 0 aliphatic carbocycles. The van der Waals surface area contributed by atoms with E-state index in [2.05, 4.69) is 27.2 Å². The normalized spacial score (nSPS) is 15.6. The third kappa shape index (κ3) is 4.06. The van der Waals surface area contributed by atoms with Crippen LogP contribution in [0.2, 0.25) is 5.02 Å². The molecule has 0 spiro atoms. The number of benzene rings is 1. The summed E-state index contributed by atoms with van der Waals surface area (Å²) < 4.78 is 0. The summed E-state index contributed by atoms with van der Waals surface area (Å²) in [5.74, 6) is -1.11. The number of rotatable bonds is 5. The summed E-state index contributed by atoms with van der Waals surface area (Å²) >= 11 is 7.36. The van der Waals surface area contributed by atoms with E-state index >= 15 is 0 Å². The van der Waals surface area contributed by atoms with Crippen LogP contribution in [-0.2, 0) is 9.59 Å². The Balaban J connectivity index is 1.94. The average molecular weight is 405 g/mol. The Bertz CT molecular complexity index is 989. The fourth-order valence-corrected chi connectivity index (χ4v) is 3.51. The molecule has 140 valence electrons. The highest BCUT2D eigenvalue weighted by Gasteiger charge is 2.35. The van der Waals surface area contributed by atoms with Crippen molar-refractivity contribution in [2.75, 3.05) is 16.4 Å². The Labute approximate surface area is 164 Å². The number of aromatic nitrogens is 2. The summed E-state index contributed by atoms with van der Waals surface area (Å²) in [6.07, 6.45) is 1.54. The van der Waals surface area contributed by atoms with Crippen molar-refractivity contribution in [3.63, 3.8) is 0 Å². The molecule has 3 N–H and O–H groups in total. The minimum Gasteiger partial charge on any atom is -0.325 e. The first kappa shape index (κ1) is 19.2. The van der Waals surface area contributed by atoms with Gasteiger partial charge in [0.1, 0.15) is 5.82 Å². The van der Waals surface area contributed by atoms with Crippen molar-refractivity contribution in [2.45, 2.75) is 24.4 Å². The van der Waals surface area contributed by atoms with Crippen molar-refractivity contribution in [2.24, 2.45) is 0 Å². The first-order valence-electron chi connectivity index (χ1n) is 8.14. The summed E-state index contributed by atoms with van der Waals surface area (Å²) in [6, 6.07) is 5.14. The molecule has 1 atom stereocenters. The van der Waals surface area contributed by atoms with E-state index in [1.807, 2.05) is 0 Å². The predicted molar refractivity (Wildman–Crippen MR) is 107 cm³/mol. The van der Waals surface area contributed by atoms with Gasteiger partial charge in [0.05, 0.1) is 11.5 Å². The molecule has 0 saturated heterocycles. The zero-order chi connectivity index (χ0) is 19.6. The Morgan fingerprint density at radius 2 is 2.26 bits per heavy atom. The number of carbonyl (C=O) groups excluding carboxylic acids is 2. The largest absolute Gasteiger partial charge is 0.325 e. The molecule has 1 aromatic carbocycles. The number of aromatic amines is 1. The lowest BCUT2D eigenvalue weighted by atomic mass is 9.92. The minimum atomic E-state index is -0.943. The number of carbonyl (C=O) groups is 2. The zero-order valence-corrected chi connectivity index (χ0v) is 16.0. The van der Waals surface area contributed by atoms with E-state index in [-0.39, 0.29) is 23.7 Å². The zero-order valence-electron chi connectivity index (χ0n) is 14.5. The van der Waals surface area contributed by atoms with Gasteiger partial charge in [0.2, 0.25) is 11.8 Å². The fourth-order valence-electron chi connectivity index (χ4n) is 2.74. The van der Waals surface area contributed by atoms with E-state index in [9.17, 15) is 14.4 Å². The van der Waals surface area contributed by atoms with Gasteiger partial charge in [-0.15, -0.1) is 6.58 Å². The van der Waals surface area contributed by atoms with Crippen LogP contribution in [0.1, 0.15) is 23.5 Å². The van der Waals surface area contributed by atoms with Gasteiger partial charge in [0.15, 0.2) is 5.16 Å². The van der Waals surface area contributed by atoms with Crippen LogP contribution in [0.5, 0.6) is 0 Å². The number of hydrogen-bond donors (Lipinski definition) is 3. The molecule has 0 radical (unpaired) electrons. The lowest BCUT2D eigenvalue weighted by Gasteiger charge is -2.23. The topological polar surface area (TPSA) is 104 Å². The molecule has 2 aromatic rings.